The molecule has 3 rings (SSSR count). The fourth-order valence-electron chi connectivity index (χ4n) is 3.71. The number of ether oxygens (including phenoxy) is 1. The number of benzene rings is 2. The summed E-state index contributed by atoms with van der Waals surface area (Å²) in [4.78, 5) is 0. The number of hydrogen-bond acceptors (Lipinski definition) is 1. The minimum absolute atomic E-state index is 0.0512. The van der Waals surface area contributed by atoms with Crippen molar-refractivity contribution in [1.29, 1.82) is 0 Å². The van der Waals surface area contributed by atoms with Crippen LogP contribution in [0.15, 0.2) is 36.4 Å². The molecular formula is C23H30O. The molecule has 0 saturated heterocycles. The smallest absolute Gasteiger partial charge is 0.135 e. The van der Waals surface area contributed by atoms with Crippen LogP contribution in [0.4, 0.5) is 0 Å². The third-order valence-corrected chi connectivity index (χ3v) is 5.20. The molecule has 0 bridgehead atoms. The van der Waals surface area contributed by atoms with E-state index in [1.54, 1.807) is 0 Å². The van der Waals surface area contributed by atoms with E-state index < -0.39 is 0 Å². The second-order valence-corrected chi connectivity index (χ2v) is 9.59. The van der Waals surface area contributed by atoms with Crippen molar-refractivity contribution in [1.82, 2.24) is 0 Å². The average molecular weight is 322 g/mol. The summed E-state index contributed by atoms with van der Waals surface area (Å²) in [6.07, 6.45) is 0. The van der Waals surface area contributed by atoms with Crippen molar-refractivity contribution in [3.05, 3.63) is 58.7 Å². The molecule has 0 radical (unpaired) electrons. The number of hydrogen-bond donors (Lipinski definition) is 0. The molecular weight excluding hydrogens is 292 g/mol. The van der Waals surface area contributed by atoms with Crippen molar-refractivity contribution >= 4 is 0 Å². The predicted octanol–water partition coefficient (Wildman–Crippen LogP) is 6.71. The minimum Gasteiger partial charge on any atom is -0.456 e. The maximum absolute atomic E-state index is 6.63. The second kappa shape index (κ2) is 5.12. The maximum Gasteiger partial charge on any atom is 0.135 e. The number of rotatable bonds is 0. The first kappa shape index (κ1) is 17.1. The van der Waals surface area contributed by atoms with Crippen LogP contribution in [-0.2, 0) is 16.2 Å². The average Bonchev–Trinajstić information content (AvgIpc) is 2.44. The molecule has 2 aromatic rings. The zero-order valence-corrected chi connectivity index (χ0v) is 16.4. The summed E-state index contributed by atoms with van der Waals surface area (Å²) in [6, 6.07) is 13.2. The Kier molecular flexibility index (Phi) is 3.64. The van der Waals surface area contributed by atoms with Gasteiger partial charge in [-0.1, -0.05) is 91.8 Å². The first-order chi connectivity index (χ1) is 10.9. The van der Waals surface area contributed by atoms with Crippen LogP contribution in [0.2, 0.25) is 0 Å². The predicted molar refractivity (Wildman–Crippen MR) is 102 cm³/mol. The Balaban J connectivity index is 2.32. The molecule has 1 heteroatoms. The van der Waals surface area contributed by atoms with Gasteiger partial charge in [0.15, 0.2) is 0 Å². The molecule has 0 unspecified atom stereocenters. The molecule has 0 spiro atoms. The molecule has 1 aliphatic rings. The summed E-state index contributed by atoms with van der Waals surface area (Å²) < 4.78 is 6.63. The highest BCUT2D eigenvalue weighted by molar-refractivity contribution is 5.63. The van der Waals surface area contributed by atoms with Gasteiger partial charge in [0.25, 0.3) is 0 Å². The van der Waals surface area contributed by atoms with Gasteiger partial charge in [-0.05, 0) is 10.8 Å². The van der Waals surface area contributed by atoms with Crippen LogP contribution in [0.25, 0.3) is 0 Å². The van der Waals surface area contributed by atoms with Gasteiger partial charge in [-0.2, -0.15) is 0 Å². The Hall–Kier alpha value is -1.76. The molecule has 2 aromatic carbocycles. The summed E-state index contributed by atoms with van der Waals surface area (Å²) in [6.45, 7) is 18.1. The quantitative estimate of drug-likeness (QED) is 0.523. The summed E-state index contributed by atoms with van der Waals surface area (Å²) in [5.74, 6) is 2.11. The van der Waals surface area contributed by atoms with E-state index in [9.17, 15) is 0 Å². The first-order valence-corrected chi connectivity index (χ1v) is 8.90. The second-order valence-electron chi connectivity index (χ2n) is 9.59. The van der Waals surface area contributed by atoms with Crippen molar-refractivity contribution in [3.63, 3.8) is 0 Å². The monoisotopic (exact) mass is 322 g/mol. The van der Waals surface area contributed by atoms with E-state index in [2.05, 4.69) is 91.8 Å². The molecule has 0 amide bonds. The van der Waals surface area contributed by atoms with Gasteiger partial charge in [0.05, 0.1) is 0 Å². The molecule has 0 saturated carbocycles. The van der Waals surface area contributed by atoms with E-state index in [1.807, 2.05) is 0 Å². The van der Waals surface area contributed by atoms with E-state index in [-0.39, 0.29) is 16.2 Å². The molecule has 0 fully saturated rings. The zero-order valence-electron chi connectivity index (χ0n) is 16.4. The van der Waals surface area contributed by atoms with Crippen LogP contribution in [0.3, 0.4) is 0 Å². The Morgan fingerprint density at radius 2 is 1.04 bits per heavy atom. The van der Waals surface area contributed by atoms with Gasteiger partial charge in [-0.3, -0.25) is 0 Å². The molecule has 24 heavy (non-hydrogen) atoms. The van der Waals surface area contributed by atoms with Crippen molar-refractivity contribution in [3.8, 4) is 11.5 Å². The fourth-order valence-corrected chi connectivity index (χ4v) is 3.71. The lowest BCUT2D eigenvalue weighted by atomic mass is 9.71. The lowest BCUT2D eigenvalue weighted by Crippen LogP contribution is -2.28. The van der Waals surface area contributed by atoms with E-state index in [1.165, 1.54) is 22.3 Å². The van der Waals surface area contributed by atoms with Crippen LogP contribution in [0.5, 0.6) is 11.5 Å². The standard InChI is InChI=1S/C23H30O/c1-21(2,3)15-11-9-13-17-19(15)24-20-16(22(4,5)6)12-10-14-18(20)23(17,7)8/h9-14H,1-8H3. The van der Waals surface area contributed by atoms with Crippen molar-refractivity contribution in [2.45, 2.75) is 71.6 Å². The Bertz CT molecular complexity index is 717. The lowest BCUT2D eigenvalue weighted by molar-refractivity contribution is 0.387. The highest BCUT2D eigenvalue weighted by atomic mass is 16.5. The topological polar surface area (TPSA) is 9.23 Å². The lowest BCUT2D eigenvalue weighted by Gasteiger charge is -2.39. The van der Waals surface area contributed by atoms with E-state index in [0.29, 0.717) is 0 Å². The van der Waals surface area contributed by atoms with Gasteiger partial charge in [-0.25, -0.2) is 0 Å². The molecule has 0 atom stereocenters. The largest absolute Gasteiger partial charge is 0.456 e. The third-order valence-electron chi connectivity index (χ3n) is 5.20. The molecule has 1 heterocycles. The molecule has 128 valence electrons. The first-order valence-electron chi connectivity index (χ1n) is 8.90. The summed E-state index contributed by atoms with van der Waals surface area (Å²) in [5, 5.41) is 0. The molecule has 0 aromatic heterocycles. The third kappa shape index (κ3) is 2.55. The summed E-state index contributed by atoms with van der Waals surface area (Å²) in [5.41, 5.74) is 5.17. The van der Waals surface area contributed by atoms with Gasteiger partial charge in [0, 0.05) is 27.7 Å². The Morgan fingerprint density at radius 1 is 0.667 bits per heavy atom. The summed E-state index contributed by atoms with van der Waals surface area (Å²) >= 11 is 0. The van der Waals surface area contributed by atoms with Gasteiger partial charge in [0.2, 0.25) is 0 Å². The molecule has 1 nitrogen and oxygen atoms in total. The Morgan fingerprint density at radius 3 is 1.38 bits per heavy atom. The SMILES string of the molecule is CC(C)(C)c1cccc2c1Oc1c(C(C)(C)C)cccc1C2(C)C. The van der Waals surface area contributed by atoms with E-state index in [0.717, 1.165) is 11.5 Å². The van der Waals surface area contributed by atoms with Crippen LogP contribution >= 0.6 is 0 Å². The molecule has 0 aliphatic carbocycles. The van der Waals surface area contributed by atoms with Crippen molar-refractivity contribution < 1.29 is 4.74 Å². The summed E-state index contributed by atoms with van der Waals surface area (Å²) in [7, 11) is 0. The van der Waals surface area contributed by atoms with Gasteiger partial charge in [0.1, 0.15) is 11.5 Å². The van der Waals surface area contributed by atoms with Crippen LogP contribution in [-0.4, -0.2) is 0 Å². The van der Waals surface area contributed by atoms with Crippen LogP contribution in [0.1, 0.15) is 77.6 Å². The van der Waals surface area contributed by atoms with E-state index >= 15 is 0 Å². The van der Waals surface area contributed by atoms with Crippen molar-refractivity contribution in [2.24, 2.45) is 0 Å². The Labute approximate surface area is 147 Å². The van der Waals surface area contributed by atoms with E-state index in [4.69, 9.17) is 4.74 Å². The molecule has 0 N–H and O–H groups in total. The van der Waals surface area contributed by atoms with Gasteiger partial charge < -0.3 is 4.74 Å². The zero-order chi connectivity index (χ0) is 17.9. The minimum atomic E-state index is -0.0641. The normalized spacial score (nSPS) is 16.2. The van der Waals surface area contributed by atoms with Gasteiger partial charge >= 0.3 is 0 Å². The van der Waals surface area contributed by atoms with Crippen LogP contribution < -0.4 is 4.74 Å². The maximum atomic E-state index is 6.63. The number of para-hydroxylation sites is 2. The highest BCUT2D eigenvalue weighted by Gasteiger charge is 2.39. The van der Waals surface area contributed by atoms with Gasteiger partial charge in [-0.15, -0.1) is 0 Å². The van der Waals surface area contributed by atoms with Crippen molar-refractivity contribution in [2.75, 3.05) is 0 Å². The molecule has 1 aliphatic heterocycles. The highest BCUT2D eigenvalue weighted by Crippen LogP contribution is 2.53. The fraction of sp³-hybridized carbons (Fsp3) is 0.478. The van der Waals surface area contributed by atoms with Crippen LogP contribution in [0, 0.1) is 0 Å². The number of fused-ring (bicyclic) bond motifs is 2.